The van der Waals surface area contributed by atoms with Crippen molar-refractivity contribution in [3.8, 4) is 0 Å². The summed E-state index contributed by atoms with van der Waals surface area (Å²) in [5.74, 6) is -0.438. The number of likely N-dealkylation sites (tertiary alicyclic amines) is 1. The number of rotatable bonds is 8. The number of hydrogen-bond donors (Lipinski definition) is 3. The number of nitrogens with one attached hydrogen (secondary N) is 2. The zero-order valence-corrected chi connectivity index (χ0v) is 18.7. The van der Waals surface area contributed by atoms with E-state index in [1.54, 1.807) is 30.5 Å². The van der Waals surface area contributed by atoms with E-state index in [9.17, 15) is 14.0 Å². The Morgan fingerprint density at radius 3 is 2.41 bits per heavy atom. The van der Waals surface area contributed by atoms with Gasteiger partial charge in [0.25, 0.3) is 0 Å². The molecule has 1 aliphatic rings. The van der Waals surface area contributed by atoms with Gasteiger partial charge in [0.2, 0.25) is 11.8 Å². The SMILES string of the molecule is CC1CCCC(C)N1CC(=O)N[C@@H](Cc1ccc(F)cc1)C(=O)NCc1ccc(N)nc1. The van der Waals surface area contributed by atoms with Crippen LogP contribution < -0.4 is 16.4 Å². The first-order valence-electron chi connectivity index (χ1n) is 11.1. The molecule has 3 atom stereocenters. The molecule has 7 nitrogen and oxygen atoms in total. The van der Waals surface area contributed by atoms with Gasteiger partial charge in [0, 0.05) is 31.2 Å². The van der Waals surface area contributed by atoms with Crippen molar-refractivity contribution in [1.82, 2.24) is 20.5 Å². The van der Waals surface area contributed by atoms with Crippen LogP contribution in [0.5, 0.6) is 0 Å². The van der Waals surface area contributed by atoms with Gasteiger partial charge in [-0.3, -0.25) is 14.5 Å². The lowest BCUT2D eigenvalue weighted by Gasteiger charge is -2.38. The molecule has 0 aliphatic carbocycles. The molecule has 3 rings (SSSR count). The summed E-state index contributed by atoms with van der Waals surface area (Å²) in [7, 11) is 0. The third-order valence-electron chi connectivity index (χ3n) is 6.02. The summed E-state index contributed by atoms with van der Waals surface area (Å²) >= 11 is 0. The molecule has 2 amide bonds. The molecule has 1 saturated heterocycles. The van der Waals surface area contributed by atoms with Gasteiger partial charge < -0.3 is 16.4 Å². The monoisotopic (exact) mass is 441 g/mol. The van der Waals surface area contributed by atoms with Crippen LogP contribution >= 0.6 is 0 Å². The lowest BCUT2D eigenvalue weighted by molar-refractivity contribution is -0.130. The predicted octanol–water partition coefficient (Wildman–Crippen LogP) is 2.41. The van der Waals surface area contributed by atoms with E-state index in [1.807, 2.05) is 0 Å². The molecule has 2 heterocycles. The number of aromatic nitrogens is 1. The van der Waals surface area contributed by atoms with E-state index in [1.165, 1.54) is 12.1 Å². The van der Waals surface area contributed by atoms with Gasteiger partial charge in [-0.1, -0.05) is 24.6 Å². The second-order valence-corrected chi connectivity index (χ2v) is 8.56. The summed E-state index contributed by atoms with van der Waals surface area (Å²) in [6.45, 7) is 4.78. The molecule has 0 radical (unpaired) electrons. The maximum absolute atomic E-state index is 13.3. The quantitative estimate of drug-likeness (QED) is 0.584. The number of pyridine rings is 1. The van der Waals surface area contributed by atoms with Crippen LogP contribution in [0, 0.1) is 5.82 Å². The fourth-order valence-corrected chi connectivity index (χ4v) is 4.11. The van der Waals surface area contributed by atoms with E-state index in [0.717, 1.165) is 30.4 Å². The lowest BCUT2D eigenvalue weighted by atomic mass is 9.97. The van der Waals surface area contributed by atoms with E-state index < -0.39 is 6.04 Å². The van der Waals surface area contributed by atoms with Crippen LogP contribution in [0.4, 0.5) is 10.2 Å². The van der Waals surface area contributed by atoms with Gasteiger partial charge in [-0.15, -0.1) is 0 Å². The Labute approximate surface area is 188 Å². The molecule has 172 valence electrons. The van der Waals surface area contributed by atoms with Crippen LogP contribution in [0.3, 0.4) is 0 Å². The molecule has 4 N–H and O–H groups in total. The molecule has 2 unspecified atom stereocenters. The summed E-state index contributed by atoms with van der Waals surface area (Å²) < 4.78 is 13.3. The number of nitrogens with two attached hydrogens (primary N) is 1. The molecule has 1 aromatic heterocycles. The Hall–Kier alpha value is -3.00. The number of anilines is 1. The Morgan fingerprint density at radius 2 is 1.78 bits per heavy atom. The highest BCUT2D eigenvalue weighted by Crippen LogP contribution is 2.21. The number of nitrogen functional groups attached to an aromatic ring is 1. The minimum atomic E-state index is -0.773. The zero-order chi connectivity index (χ0) is 23.1. The minimum Gasteiger partial charge on any atom is -0.384 e. The highest BCUT2D eigenvalue weighted by atomic mass is 19.1. The number of carbonyl (C=O) groups is 2. The maximum Gasteiger partial charge on any atom is 0.243 e. The largest absolute Gasteiger partial charge is 0.384 e. The van der Waals surface area contributed by atoms with Crippen molar-refractivity contribution in [3.05, 3.63) is 59.5 Å². The van der Waals surface area contributed by atoms with Crippen molar-refractivity contribution in [2.24, 2.45) is 0 Å². The standard InChI is InChI=1S/C24H32FN5O2/c1-16-4-3-5-17(2)30(16)15-23(31)29-21(12-18-6-9-20(25)10-7-18)24(32)28-14-19-8-11-22(26)27-13-19/h6-11,13,16-17,21H,3-5,12,14-15H2,1-2H3,(H2,26,27)(H,28,32)(H,29,31)/t16?,17?,21-/m0/s1. The van der Waals surface area contributed by atoms with Gasteiger partial charge in [0.15, 0.2) is 0 Å². The van der Waals surface area contributed by atoms with E-state index >= 15 is 0 Å². The molecule has 0 spiro atoms. The zero-order valence-electron chi connectivity index (χ0n) is 18.7. The molecule has 1 aromatic carbocycles. The topological polar surface area (TPSA) is 100 Å². The van der Waals surface area contributed by atoms with Crippen molar-refractivity contribution < 1.29 is 14.0 Å². The first kappa shape index (κ1) is 23.7. The van der Waals surface area contributed by atoms with Crippen molar-refractivity contribution >= 4 is 17.6 Å². The van der Waals surface area contributed by atoms with Gasteiger partial charge in [-0.05, 0) is 56.0 Å². The Balaban J connectivity index is 1.66. The average Bonchev–Trinajstić information content (AvgIpc) is 2.77. The van der Waals surface area contributed by atoms with Crippen molar-refractivity contribution in [1.29, 1.82) is 0 Å². The molecule has 0 bridgehead atoms. The van der Waals surface area contributed by atoms with E-state index in [-0.39, 0.29) is 37.1 Å². The maximum atomic E-state index is 13.3. The van der Waals surface area contributed by atoms with Crippen molar-refractivity contribution in [3.63, 3.8) is 0 Å². The van der Waals surface area contributed by atoms with Crippen LogP contribution in [-0.4, -0.2) is 46.4 Å². The molecule has 0 saturated carbocycles. The summed E-state index contributed by atoms with van der Waals surface area (Å²) in [5, 5.41) is 5.75. The fraction of sp³-hybridized carbons (Fsp3) is 0.458. The minimum absolute atomic E-state index is 0.193. The Morgan fingerprint density at radius 1 is 1.12 bits per heavy atom. The Bertz CT molecular complexity index is 894. The first-order valence-corrected chi connectivity index (χ1v) is 11.1. The van der Waals surface area contributed by atoms with Gasteiger partial charge in [-0.25, -0.2) is 9.37 Å². The third kappa shape index (κ3) is 6.75. The molecule has 8 heteroatoms. The molecular weight excluding hydrogens is 409 g/mol. The second kappa shape index (κ2) is 11.0. The van der Waals surface area contributed by atoms with Gasteiger partial charge >= 0.3 is 0 Å². The molecule has 1 aliphatic heterocycles. The van der Waals surface area contributed by atoms with E-state index in [2.05, 4.69) is 34.4 Å². The smallest absolute Gasteiger partial charge is 0.243 e. The normalized spacial score (nSPS) is 19.8. The number of benzene rings is 1. The average molecular weight is 442 g/mol. The highest BCUT2D eigenvalue weighted by Gasteiger charge is 2.28. The number of halogens is 1. The molecule has 2 aromatic rings. The number of piperidine rings is 1. The fourth-order valence-electron chi connectivity index (χ4n) is 4.11. The summed E-state index contributed by atoms with van der Waals surface area (Å²) in [6, 6.07) is 9.28. The molecule has 32 heavy (non-hydrogen) atoms. The predicted molar refractivity (Wildman–Crippen MR) is 122 cm³/mol. The number of amides is 2. The van der Waals surface area contributed by atoms with Gasteiger partial charge in [0.05, 0.1) is 6.54 Å². The summed E-state index contributed by atoms with van der Waals surface area (Å²) in [4.78, 5) is 32.0. The highest BCUT2D eigenvalue weighted by molar-refractivity contribution is 5.88. The number of nitrogens with zero attached hydrogens (tertiary/aromatic N) is 2. The van der Waals surface area contributed by atoms with Crippen LogP contribution in [0.1, 0.15) is 44.2 Å². The first-order chi connectivity index (χ1) is 15.3. The lowest BCUT2D eigenvalue weighted by Crippen LogP contribution is -2.53. The number of carbonyl (C=O) groups excluding carboxylic acids is 2. The summed E-state index contributed by atoms with van der Waals surface area (Å²) in [6.07, 6.45) is 5.15. The van der Waals surface area contributed by atoms with E-state index in [4.69, 9.17) is 5.73 Å². The van der Waals surface area contributed by atoms with Crippen LogP contribution in [0.25, 0.3) is 0 Å². The Kier molecular flexibility index (Phi) is 8.16. The summed E-state index contributed by atoms with van der Waals surface area (Å²) in [5.41, 5.74) is 7.17. The molecule has 1 fully saturated rings. The number of hydrogen-bond acceptors (Lipinski definition) is 5. The van der Waals surface area contributed by atoms with Crippen LogP contribution in [-0.2, 0) is 22.6 Å². The third-order valence-corrected chi connectivity index (χ3v) is 6.02. The molecular formula is C24H32FN5O2. The van der Waals surface area contributed by atoms with Crippen molar-refractivity contribution in [2.45, 2.75) is 64.2 Å². The van der Waals surface area contributed by atoms with Crippen LogP contribution in [0.15, 0.2) is 42.6 Å². The van der Waals surface area contributed by atoms with E-state index in [0.29, 0.717) is 17.9 Å². The van der Waals surface area contributed by atoms with Gasteiger partial charge in [-0.2, -0.15) is 0 Å². The van der Waals surface area contributed by atoms with Crippen molar-refractivity contribution in [2.75, 3.05) is 12.3 Å². The second-order valence-electron chi connectivity index (χ2n) is 8.56. The van der Waals surface area contributed by atoms with Crippen LogP contribution in [0.2, 0.25) is 0 Å². The van der Waals surface area contributed by atoms with Gasteiger partial charge in [0.1, 0.15) is 17.7 Å².